The number of aliphatic hydroxyl groups is 1. The fourth-order valence-corrected chi connectivity index (χ4v) is 0.944. The van der Waals surface area contributed by atoms with E-state index in [1.165, 1.54) is 0 Å². The average Bonchev–Trinajstić information content (AvgIpc) is 2.14. The Kier molecular flexibility index (Phi) is 3.71. The molecule has 0 fully saturated rings. The number of aliphatic hydroxyl groups excluding tert-OH is 1. The predicted octanol–water partition coefficient (Wildman–Crippen LogP) is 1.70. The summed E-state index contributed by atoms with van der Waals surface area (Å²) >= 11 is 0. The number of ether oxygens (including phenoxy) is 1. The number of halogens is 1. The van der Waals surface area contributed by atoms with Gasteiger partial charge in [-0.15, -0.1) is 0 Å². The Labute approximate surface area is 77.0 Å². The van der Waals surface area contributed by atoms with Crippen LogP contribution in [0.1, 0.15) is 5.56 Å². The van der Waals surface area contributed by atoms with E-state index in [0.717, 1.165) is 5.56 Å². The monoisotopic (exact) mass is 184 g/mol. The Balaban J connectivity index is 2.45. The molecule has 1 rings (SSSR count). The van der Waals surface area contributed by atoms with E-state index in [1.807, 2.05) is 25.1 Å². The maximum absolute atomic E-state index is 12.5. The van der Waals surface area contributed by atoms with Crippen LogP contribution in [0.5, 0.6) is 5.75 Å². The summed E-state index contributed by atoms with van der Waals surface area (Å²) in [4.78, 5) is 0. The van der Waals surface area contributed by atoms with Crippen molar-refractivity contribution in [2.24, 2.45) is 0 Å². The molecule has 0 aromatic heterocycles. The Morgan fingerprint density at radius 1 is 1.54 bits per heavy atom. The summed E-state index contributed by atoms with van der Waals surface area (Å²) in [6.45, 7) is 1.34. The Morgan fingerprint density at radius 3 is 2.92 bits per heavy atom. The van der Waals surface area contributed by atoms with E-state index in [-0.39, 0.29) is 6.61 Å². The summed E-state index contributed by atoms with van der Waals surface area (Å²) in [5.74, 6) is 0.635. The second-order valence-corrected chi connectivity index (χ2v) is 2.91. The van der Waals surface area contributed by atoms with Gasteiger partial charge in [-0.2, -0.15) is 0 Å². The summed E-state index contributed by atoms with van der Waals surface area (Å²) in [6, 6.07) is 7.36. The van der Waals surface area contributed by atoms with Crippen molar-refractivity contribution in [1.29, 1.82) is 0 Å². The minimum absolute atomic E-state index is 0.0973. The van der Waals surface area contributed by atoms with E-state index in [9.17, 15) is 4.39 Å². The van der Waals surface area contributed by atoms with Gasteiger partial charge in [0.1, 0.15) is 12.4 Å². The molecule has 0 bridgehead atoms. The first-order valence-corrected chi connectivity index (χ1v) is 4.17. The van der Waals surface area contributed by atoms with E-state index < -0.39 is 12.8 Å². The molecule has 0 radical (unpaired) electrons. The first-order valence-electron chi connectivity index (χ1n) is 4.17. The van der Waals surface area contributed by atoms with Crippen LogP contribution in [0, 0.1) is 6.92 Å². The first kappa shape index (κ1) is 9.99. The highest BCUT2D eigenvalue weighted by Gasteiger charge is 2.04. The normalized spacial score (nSPS) is 12.5. The van der Waals surface area contributed by atoms with Crippen LogP contribution in [0.4, 0.5) is 4.39 Å². The molecule has 2 nitrogen and oxygen atoms in total. The average molecular weight is 184 g/mol. The highest BCUT2D eigenvalue weighted by molar-refractivity contribution is 5.27. The van der Waals surface area contributed by atoms with Gasteiger partial charge < -0.3 is 9.84 Å². The maximum atomic E-state index is 12.5. The lowest BCUT2D eigenvalue weighted by atomic mass is 10.2. The van der Waals surface area contributed by atoms with Gasteiger partial charge in [-0.05, 0) is 24.6 Å². The van der Waals surface area contributed by atoms with Crippen LogP contribution in [0.15, 0.2) is 24.3 Å². The topological polar surface area (TPSA) is 29.5 Å². The van der Waals surface area contributed by atoms with Gasteiger partial charge in [-0.3, -0.25) is 0 Å². The van der Waals surface area contributed by atoms with Crippen LogP contribution >= 0.6 is 0 Å². The molecule has 1 aromatic rings. The van der Waals surface area contributed by atoms with Gasteiger partial charge in [0, 0.05) is 0 Å². The molecule has 72 valence electrons. The molecule has 0 aliphatic rings. The largest absolute Gasteiger partial charge is 0.490 e. The molecule has 1 aromatic carbocycles. The van der Waals surface area contributed by atoms with E-state index in [1.54, 1.807) is 6.07 Å². The third kappa shape index (κ3) is 3.42. The smallest absolute Gasteiger partial charge is 0.157 e. The first-order chi connectivity index (χ1) is 6.22. The minimum Gasteiger partial charge on any atom is -0.490 e. The van der Waals surface area contributed by atoms with Crippen molar-refractivity contribution in [3.8, 4) is 5.75 Å². The standard InChI is InChI=1S/C10H13FO2/c1-8-3-2-4-10(5-8)13-7-9(11)6-12/h2-5,9,12H,6-7H2,1H3. The van der Waals surface area contributed by atoms with E-state index in [2.05, 4.69) is 0 Å². The van der Waals surface area contributed by atoms with Crippen LogP contribution in [-0.4, -0.2) is 24.5 Å². The van der Waals surface area contributed by atoms with Crippen molar-refractivity contribution in [3.63, 3.8) is 0 Å². The number of aryl methyl sites for hydroxylation is 1. The number of hydrogen-bond acceptors (Lipinski definition) is 2. The highest BCUT2D eigenvalue weighted by atomic mass is 19.1. The Hall–Kier alpha value is -1.09. The summed E-state index contributed by atoms with van der Waals surface area (Å²) < 4.78 is 17.6. The lowest BCUT2D eigenvalue weighted by Crippen LogP contribution is -2.16. The van der Waals surface area contributed by atoms with Crippen LogP contribution in [0.3, 0.4) is 0 Å². The summed E-state index contributed by atoms with van der Waals surface area (Å²) in [7, 11) is 0. The minimum atomic E-state index is -1.31. The second kappa shape index (κ2) is 4.82. The van der Waals surface area contributed by atoms with E-state index >= 15 is 0 Å². The van der Waals surface area contributed by atoms with Crippen molar-refractivity contribution in [3.05, 3.63) is 29.8 Å². The zero-order valence-corrected chi connectivity index (χ0v) is 7.53. The molecule has 0 spiro atoms. The molecule has 0 amide bonds. The summed E-state index contributed by atoms with van der Waals surface area (Å²) in [5, 5.41) is 8.41. The molecule has 0 heterocycles. The van der Waals surface area contributed by atoms with Gasteiger partial charge in [0.05, 0.1) is 6.61 Å². The van der Waals surface area contributed by atoms with Crippen molar-refractivity contribution in [1.82, 2.24) is 0 Å². The molecule has 0 aliphatic carbocycles. The van der Waals surface area contributed by atoms with Crippen molar-refractivity contribution in [2.45, 2.75) is 13.1 Å². The van der Waals surface area contributed by atoms with Gasteiger partial charge >= 0.3 is 0 Å². The fraction of sp³-hybridized carbons (Fsp3) is 0.400. The third-order valence-corrected chi connectivity index (χ3v) is 1.62. The number of benzene rings is 1. The third-order valence-electron chi connectivity index (χ3n) is 1.62. The zero-order valence-electron chi connectivity index (χ0n) is 7.53. The molecule has 0 saturated heterocycles. The molecule has 1 unspecified atom stereocenters. The Morgan fingerprint density at radius 2 is 2.31 bits per heavy atom. The van der Waals surface area contributed by atoms with Gasteiger partial charge in [-0.25, -0.2) is 4.39 Å². The van der Waals surface area contributed by atoms with Gasteiger partial charge in [0.25, 0.3) is 0 Å². The lowest BCUT2D eigenvalue weighted by Gasteiger charge is -2.08. The Bertz CT molecular complexity index is 263. The predicted molar refractivity (Wildman–Crippen MR) is 48.7 cm³/mol. The second-order valence-electron chi connectivity index (χ2n) is 2.91. The molecule has 3 heteroatoms. The molecular formula is C10H13FO2. The van der Waals surface area contributed by atoms with Crippen LogP contribution in [-0.2, 0) is 0 Å². The number of alkyl halides is 1. The van der Waals surface area contributed by atoms with E-state index in [4.69, 9.17) is 9.84 Å². The van der Waals surface area contributed by atoms with Gasteiger partial charge in [0.2, 0.25) is 0 Å². The molecule has 1 atom stereocenters. The summed E-state index contributed by atoms with van der Waals surface area (Å²) in [5.41, 5.74) is 1.07. The SMILES string of the molecule is Cc1cccc(OCC(F)CO)c1. The molecule has 1 N–H and O–H groups in total. The number of hydrogen-bond donors (Lipinski definition) is 1. The highest BCUT2D eigenvalue weighted by Crippen LogP contribution is 2.12. The number of rotatable bonds is 4. The van der Waals surface area contributed by atoms with Crippen molar-refractivity contribution < 1.29 is 14.2 Å². The van der Waals surface area contributed by atoms with Crippen LogP contribution in [0.2, 0.25) is 0 Å². The lowest BCUT2D eigenvalue weighted by molar-refractivity contribution is 0.123. The van der Waals surface area contributed by atoms with Crippen molar-refractivity contribution in [2.75, 3.05) is 13.2 Å². The fourth-order valence-electron chi connectivity index (χ4n) is 0.944. The maximum Gasteiger partial charge on any atom is 0.157 e. The van der Waals surface area contributed by atoms with E-state index in [0.29, 0.717) is 5.75 Å². The molecular weight excluding hydrogens is 171 g/mol. The van der Waals surface area contributed by atoms with Crippen LogP contribution < -0.4 is 4.74 Å². The molecule has 0 aliphatic heterocycles. The molecule has 13 heavy (non-hydrogen) atoms. The molecule has 0 saturated carbocycles. The van der Waals surface area contributed by atoms with Gasteiger partial charge in [0.15, 0.2) is 6.17 Å². The van der Waals surface area contributed by atoms with Crippen molar-refractivity contribution >= 4 is 0 Å². The zero-order chi connectivity index (χ0) is 9.68. The van der Waals surface area contributed by atoms with Crippen LogP contribution in [0.25, 0.3) is 0 Å². The van der Waals surface area contributed by atoms with Gasteiger partial charge in [-0.1, -0.05) is 12.1 Å². The summed E-state index contributed by atoms with van der Waals surface area (Å²) in [6.07, 6.45) is -1.31. The quantitative estimate of drug-likeness (QED) is 0.771.